The predicted octanol–water partition coefficient (Wildman–Crippen LogP) is 2.89. The summed E-state index contributed by atoms with van der Waals surface area (Å²) in [7, 11) is 0. The highest BCUT2D eigenvalue weighted by atomic mass is 35.5. The molecule has 1 fully saturated rings. The van der Waals surface area contributed by atoms with E-state index in [1.165, 1.54) is 6.42 Å². The van der Waals surface area contributed by atoms with Crippen molar-refractivity contribution in [2.24, 2.45) is 5.73 Å². The lowest BCUT2D eigenvalue weighted by Crippen LogP contribution is -2.37. The normalized spacial score (nSPS) is 18.8. The number of anilines is 1. The van der Waals surface area contributed by atoms with E-state index < -0.39 is 0 Å². The molecule has 1 atom stereocenters. The molecule has 0 saturated carbocycles. The van der Waals surface area contributed by atoms with Gasteiger partial charge in [0.2, 0.25) is 0 Å². The lowest BCUT2D eigenvalue weighted by atomic mass is 10.2. The molecule has 1 aliphatic heterocycles. The molecule has 1 aromatic rings. The van der Waals surface area contributed by atoms with Gasteiger partial charge in [-0.05, 0) is 37.7 Å². The Balaban J connectivity index is 2.10. The van der Waals surface area contributed by atoms with Gasteiger partial charge in [-0.15, -0.1) is 0 Å². The Morgan fingerprint density at radius 2 is 2.15 bits per heavy atom. The molecule has 110 valence electrons. The number of benzene rings is 1. The largest absolute Gasteiger partial charge is 0.389 e. The van der Waals surface area contributed by atoms with Crippen LogP contribution in [0.2, 0.25) is 5.02 Å². The van der Waals surface area contributed by atoms with E-state index in [0.29, 0.717) is 16.1 Å². The second-order valence-corrected chi connectivity index (χ2v) is 5.99. The number of nitrogens with zero attached hydrogens (tertiary/aromatic N) is 2. The van der Waals surface area contributed by atoms with Crippen molar-refractivity contribution in [2.45, 2.75) is 26.3 Å². The Morgan fingerprint density at radius 3 is 2.70 bits per heavy atom. The molecule has 1 aliphatic rings. The van der Waals surface area contributed by atoms with Crippen molar-refractivity contribution in [1.29, 1.82) is 0 Å². The van der Waals surface area contributed by atoms with Gasteiger partial charge in [0, 0.05) is 30.4 Å². The van der Waals surface area contributed by atoms with Crippen LogP contribution in [0.1, 0.15) is 25.8 Å². The van der Waals surface area contributed by atoms with Crippen LogP contribution in [0.4, 0.5) is 5.69 Å². The molecule has 0 radical (unpaired) electrons. The van der Waals surface area contributed by atoms with Gasteiger partial charge in [-0.25, -0.2) is 0 Å². The summed E-state index contributed by atoms with van der Waals surface area (Å²) in [5.41, 5.74) is 7.55. The minimum Gasteiger partial charge on any atom is -0.389 e. The van der Waals surface area contributed by atoms with Crippen LogP contribution in [-0.4, -0.2) is 42.1 Å². The van der Waals surface area contributed by atoms with Gasteiger partial charge in [0.1, 0.15) is 4.99 Å². The molecule has 0 amide bonds. The third kappa shape index (κ3) is 3.25. The molecule has 0 spiro atoms. The number of nitrogens with two attached hydrogens (primary N) is 1. The summed E-state index contributed by atoms with van der Waals surface area (Å²) >= 11 is 11.2. The number of thiocarbonyl (C=S) groups is 1. The van der Waals surface area contributed by atoms with E-state index in [0.717, 1.165) is 37.4 Å². The molecule has 0 aromatic heterocycles. The lowest BCUT2D eigenvalue weighted by Gasteiger charge is -2.26. The number of rotatable bonds is 5. The molecular weight excluding hydrogens is 290 g/mol. The Bertz CT molecular complexity index is 488. The van der Waals surface area contributed by atoms with E-state index in [2.05, 4.69) is 29.7 Å². The smallest absolute Gasteiger partial charge is 0.105 e. The lowest BCUT2D eigenvalue weighted by molar-refractivity contribution is 0.232. The SMILES string of the molecule is CCN(CC)C1CCN(c2ccc(C(N)=S)c(Cl)c2)C1. The number of hydrogen-bond acceptors (Lipinski definition) is 3. The molecule has 20 heavy (non-hydrogen) atoms. The van der Waals surface area contributed by atoms with Crippen LogP contribution in [0.3, 0.4) is 0 Å². The molecule has 1 heterocycles. The van der Waals surface area contributed by atoms with E-state index in [4.69, 9.17) is 29.6 Å². The summed E-state index contributed by atoms with van der Waals surface area (Å²) in [5.74, 6) is 0. The van der Waals surface area contributed by atoms with Crippen molar-refractivity contribution in [3.63, 3.8) is 0 Å². The van der Waals surface area contributed by atoms with Crippen LogP contribution in [0.25, 0.3) is 0 Å². The first-order valence-electron chi connectivity index (χ1n) is 7.15. The third-order valence-corrected chi connectivity index (χ3v) is 4.61. The zero-order valence-corrected chi connectivity index (χ0v) is 13.7. The average molecular weight is 312 g/mol. The van der Waals surface area contributed by atoms with Gasteiger partial charge in [-0.2, -0.15) is 0 Å². The fourth-order valence-corrected chi connectivity index (χ4v) is 3.43. The van der Waals surface area contributed by atoms with Crippen molar-refractivity contribution >= 4 is 34.5 Å². The van der Waals surface area contributed by atoms with Crippen LogP contribution in [0.15, 0.2) is 18.2 Å². The van der Waals surface area contributed by atoms with Crippen LogP contribution in [0, 0.1) is 0 Å². The highest BCUT2D eigenvalue weighted by Crippen LogP contribution is 2.27. The Morgan fingerprint density at radius 1 is 1.45 bits per heavy atom. The standard InChI is InChI=1S/C15H22ClN3S/c1-3-18(4-2)12-7-8-19(10-12)11-5-6-13(15(17)20)14(16)9-11/h5-6,9,12H,3-4,7-8,10H2,1-2H3,(H2,17,20). The van der Waals surface area contributed by atoms with Crippen LogP contribution >= 0.6 is 23.8 Å². The van der Waals surface area contributed by atoms with Crippen LogP contribution in [0.5, 0.6) is 0 Å². The van der Waals surface area contributed by atoms with Gasteiger partial charge in [0.05, 0.1) is 5.02 Å². The van der Waals surface area contributed by atoms with E-state index in [1.807, 2.05) is 12.1 Å². The monoisotopic (exact) mass is 311 g/mol. The maximum Gasteiger partial charge on any atom is 0.105 e. The molecule has 3 nitrogen and oxygen atoms in total. The summed E-state index contributed by atoms with van der Waals surface area (Å²) in [6.45, 7) is 8.79. The molecule has 2 rings (SSSR count). The maximum atomic E-state index is 6.25. The summed E-state index contributed by atoms with van der Waals surface area (Å²) in [5, 5.41) is 0.640. The van der Waals surface area contributed by atoms with Crippen molar-refractivity contribution in [3.8, 4) is 0 Å². The quantitative estimate of drug-likeness (QED) is 0.848. The van der Waals surface area contributed by atoms with Crippen molar-refractivity contribution < 1.29 is 0 Å². The Labute approximate surface area is 131 Å². The first-order valence-corrected chi connectivity index (χ1v) is 7.93. The fraction of sp³-hybridized carbons (Fsp3) is 0.533. The molecule has 5 heteroatoms. The molecule has 1 saturated heterocycles. The zero-order chi connectivity index (χ0) is 14.7. The van der Waals surface area contributed by atoms with E-state index in [-0.39, 0.29) is 0 Å². The third-order valence-electron chi connectivity index (χ3n) is 4.08. The molecular formula is C15H22ClN3S. The number of likely N-dealkylation sites (N-methyl/N-ethyl adjacent to an activating group) is 1. The second kappa shape index (κ2) is 6.74. The predicted molar refractivity (Wildman–Crippen MR) is 90.9 cm³/mol. The highest BCUT2D eigenvalue weighted by Gasteiger charge is 2.26. The topological polar surface area (TPSA) is 32.5 Å². The van der Waals surface area contributed by atoms with E-state index >= 15 is 0 Å². The summed E-state index contributed by atoms with van der Waals surface area (Å²) in [6, 6.07) is 6.59. The molecule has 1 aromatic carbocycles. The van der Waals surface area contributed by atoms with Crippen molar-refractivity contribution in [2.75, 3.05) is 31.1 Å². The minimum atomic E-state index is 0.351. The number of hydrogen-bond donors (Lipinski definition) is 1. The van der Waals surface area contributed by atoms with E-state index in [9.17, 15) is 0 Å². The minimum absolute atomic E-state index is 0.351. The van der Waals surface area contributed by atoms with Gasteiger partial charge in [0.25, 0.3) is 0 Å². The molecule has 0 bridgehead atoms. The van der Waals surface area contributed by atoms with Crippen LogP contribution < -0.4 is 10.6 Å². The molecule has 0 aliphatic carbocycles. The van der Waals surface area contributed by atoms with Crippen LogP contribution in [-0.2, 0) is 0 Å². The van der Waals surface area contributed by atoms with Gasteiger partial charge >= 0.3 is 0 Å². The summed E-state index contributed by atoms with van der Waals surface area (Å²) in [4.78, 5) is 5.26. The van der Waals surface area contributed by atoms with Gasteiger partial charge in [-0.3, -0.25) is 4.90 Å². The van der Waals surface area contributed by atoms with Crippen molar-refractivity contribution in [1.82, 2.24) is 4.90 Å². The van der Waals surface area contributed by atoms with Gasteiger partial charge < -0.3 is 10.6 Å². The average Bonchev–Trinajstić information content (AvgIpc) is 2.89. The summed E-state index contributed by atoms with van der Waals surface area (Å²) < 4.78 is 0. The van der Waals surface area contributed by atoms with Crippen molar-refractivity contribution in [3.05, 3.63) is 28.8 Å². The summed E-state index contributed by atoms with van der Waals surface area (Å²) in [6.07, 6.45) is 1.20. The van der Waals surface area contributed by atoms with Gasteiger partial charge in [0.15, 0.2) is 0 Å². The van der Waals surface area contributed by atoms with E-state index in [1.54, 1.807) is 0 Å². The Hall–Kier alpha value is -0.840. The molecule has 1 unspecified atom stereocenters. The Kier molecular flexibility index (Phi) is 5.24. The zero-order valence-electron chi connectivity index (χ0n) is 12.1. The highest BCUT2D eigenvalue weighted by molar-refractivity contribution is 7.80. The number of halogens is 1. The maximum absolute atomic E-state index is 6.25. The molecule has 2 N–H and O–H groups in total. The first-order chi connectivity index (χ1) is 9.56. The second-order valence-electron chi connectivity index (χ2n) is 5.14. The first kappa shape index (κ1) is 15.5. The van der Waals surface area contributed by atoms with Gasteiger partial charge in [-0.1, -0.05) is 37.7 Å². The fourth-order valence-electron chi connectivity index (χ4n) is 2.91.